The van der Waals surface area contributed by atoms with Gasteiger partial charge < -0.3 is 35.1 Å². The molecule has 0 radical (unpaired) electrons. The van der Waals surface area contributed by atoms with Gasteiger partial charge in [-0.3, -0.25) is 9.59 Å². The Kier molecular flexibility index (Phi) is 10.8. The lowest BCUT2D eigenvalue weighted by Crippen LogP contribution is -2.55. The summed E-state index contributed by atoms with van der Waals surface area (Å²) in [4.78, 5) is 38.5. The van der Waals surface area contributed by atoms with Gasteiger partial charge in [-0.25, -0.2) is 13.2 Å². The molecule has 0 bridgehead atoms. The highest BCUT2D eigenvalue weighted by Crippen LogP contribution is 2.37. The van der Waals surface area contributed by atoms with Crippen LogP contribution < -0.4 is 20.7 Å². The van der Waals surface area contributed by atoms with Crippen molar-refractivity contribution in [2.24, 2.45) is 11.8 Å². The Morgan fingerprint density at radius 3 is 2.50 bits per heavy atom. The van der Waals surface area contributed by atoms with E-state index in [1.54, 1.807) is 7.11 Å². The summed E-state index contributed by atoms with van der Waals surface area (Å²) in [6.45, 7) is 4.04. The van der Waals surface area contributed by atoms with Gasteiger partial charge in [-0.1, -0.05) is 26.0 Å². The normalized spacial score (nSPS) is 20.9. The van der Waals surface area contributed by atoms with Crippen LogP contribution in [0.4, 0.5) is 4.79 Å². The van der Waals surface area contributed by atoms with E-state index in [4.69, 9.17) is 9.47 Å². The van der Waals surface area contributed by atoms with E-state index in [2.05, 4.69) is 16.0 Å². The molecule has 1 saturated carbocycles. The Labute approximate surface area is 235 Å². The van der Waals surface area contributed by atoms with Gasteiger partial charge >= 0.3 is 6.09 Å². The van der Waals surface area contributed by atoms with Gasteiger partial charge in [-0.2, -0.15) is 0 Å². The van der Waals surface area contributed by atoms with Crippen molar-refractivity contribution < 1.29 is 41.9 Å². The second-order valence-electron chi connectivity index (χ2n) is 11.1. The Hall–Kier alpha value is -2.90. The fourth-order valence-electron chi connectivity index (χ4n) is 5.47. The molecule has 0 spiro atoms. The first-order valence-corrected chi connectivity index (χ1v) is 15.1. The van der Waals surface area contributed by atoms with E-state index >= 15 is 0 Å². The van der Waals surface area contributed by atoms with E-state index in [0.29, 0.717) is 38.0 Å². The lowest BCUT2D eigenvalue weighted by Gasteiger charge is -2.32. The van der Waals surface area contributed by atoms with Crippen molar-refractivity contribution in [1.82, 2.24) is 16.0 Å². The fourth-order valence-corrected chi connectivity index (χ4v) is 6.05. The predicted octanol–water partition coefficient (Wildman–Crippen LogP) is 1.57. The minimum atomic E-state index is -5.20. The summed E-state index contributed by atoms with van der Waals surface area (Å²) in [5.41, 5.74) is -2.28. The van der Waals surface area contributed by atoms with Crippen LogP contribution in [-0.2, 0) is 30.9 Å². The zero-order valence-corrected chi connectivity index (χ0v) is 24.0. The van der Waals surface area contributed by atoms with E-state index in [1.807, 2.05) is 38.1 Å². The van der Waals surface area contributed by atoms with Crippen LogP contribution >= 0.6 is 0 Å². The topological polar surface area (TPSA) is 183 Å². The van der Waals surface area contributed by atoms with Crippen molar-refractivity contribution >= 4 is 28.0 Å². The molecule has 1 saturated heterocycles. The number of carbonyl (C=O) groups excluding carboxylic acids is 3. The number of methoxy groups -OCH3 is 1. The average Bonchev–Trinajstić information content (AvgIpc) is 3.50. The number of hydrogen-bond donors (Lipinski definition) is 4. The summed E-state index contributed by atoms with van der Waals surface area (Å²) in [6, 6.07) is 4.83. The minimum Gasteiger partial charge on any atom is -0.746 e. The van der Waals surface area contributed by atoms with Crippen molar-refractivity contribution in [3.8, 4) is 5.75 Å². The molecule has 224 valence electrons. The first-order valence-electron chi connectivity index (χ1n) is 13.7. The molecule has 1 heterocycles. The van der Waals surface area contributed by atoms with Crippen molar-refractivity contribution in [1.29, 1.82) is 0 Å². The highest BCUT2D eigenvalue weighted by molar-refractivity contribution is 7.86. The number of nitrogens with one attached hydrogen (secondary N) is 3. The Balaban J connectivity index is 1.73. The quantitative estimate of drug-likeness (QED) is 0.251. The number of ether oxygens (including phenoxy) is 2. The molecule has 1 unspecified atom stereocenters. The molecule has 1 aliphatic heterocycles. The van der Waals surface area contributed by atoms with Crippen LogP contribution in [0.3, 0.4) is 0 Å². The van der Waals surface area contributed by atoms with Crippen molar-refractivity contribution in [3.63, 3.8) is 0 Å². The molecule has 1 aliphatic carbocycles. The molecule has 0 aromatic heterocycles. The fraction of sp³-hybridized carbons (Fsp3) is 0.667. The molecule has 1 aromatic carbocycles. The second kappa shape index (κ2) is 13.6. The highest BCUT2D eigenvalue weighted by atomic mass is 32.2. The zero-order valence-electron chi connectivity index (χ0n) is 23.2. The standard InChI is InChI=1S/C27H41N3O9S/c1-17(2)13-21(24(32)29-22(25(33)40(35,36)37)15-19-9-12-28-23(19)31)30-26(34)39-27(10-4-5-11-27)16-18-7-6-8-20(14-18)38-3/h6-8,14,17,19,21-22,25,33H,4-5,9-13,15-16H2,1-3H3,(H,28,31)(H,29,32)(H,30,34)(H,35,36,37)/p-1/t19-,21-,22-,25?/m0/s1. The molecule has 2 fully saturated rings. The summed E-state index contributed by atoms with van der Waals surface area (Å²) < 4.78 is 46.0. The summed E-state index contributed by atoms with van der Waals surface area (Å²) in [7, 11) is -3.62. The van der Waals surface area contributed by atoms with Crippen LogP contribution in [-0.4, -0.2) is 72.8 Å². The van der Waals surface area contributed by atoms with Gasteiger partial charge in [0.2, 0.25) is 11.8 Å². The lowest BCUT2D eigenvalue weighted by molar-refractivity contribution is -0.126. The van der Waals surface area contributed by atoms with Gasteiger partial charge in [0, 0.05) is 18.9 Å². The molecule has 13 heteroatoms. The second-order valence-corrected chi connectivity index (χ2v) is 12.6. The van der Waals surface area contributed by atoms with Gasteiger partial charge in [-0.05, 0) is 68.6 Å². The Bertz CT molecular complexity index is 1150. The molecule has 1 aromatic rings. The third-order valence-electron chi connectivity index (χ3n) is 7.47. The first-order chi connectivity index (χ1) is 18.8. The van der Waals surface area contributed by atoms with E-state index in [0.717, 1.165) is 18.4 Å². The largest absolute Gasteiger partial charge is 0.746 e. The van der Waals surface area contributed by atoms with E-state index in [-0.39, 0.29) is 24.7 Å². The Morgan fingerprint density at radius 1 is 1.23 bits per heavy atom. The van der Waals surface area contributed by atoms with Gasteiger partial charge in [0.25, 0.3) is 0 Å². The first kappa shape index (κ1) is 31.6. The third-order valence-corrected chi connectivity index (χ3v) is 8.39. The summed E-state index contributed by atoms with van der Waals surface area (Å²) in [5.74, 6) is -1.18. The average molecular weight is 583 g/mol. The van der Waals surface area contributed by atoms with E-state index < -0.39 is 51.2 Å². The lowest BCUT2D eigenvalue weighted by atomic mass is 9.92. The number of rotatable bonds is 13. The highest BCUT2D eigenvalue weighted by Gasteiger charge is 2.40. The van der Waals surface area contributed by atoms with Gasteiger partial charge in [0.1, 0.15) is 27.5 Å². The number of hydrogen-bond acceptors (Lipinski definition) is 9. The van der Waals surface area contributed by atoms with Crippen LogP contribution in [0.1, 0.15) is 64.4 Å². The molecule has 4 N–H and O–H groups in total. The molecule has 4 atom stereocenters. The van der Waals surface area contributed by atoms with Gasteiger partial charge in [-0.15, -0.1) is 0 Å². The maximum Gasteiger partial charge on any atom is 0.408 e. The minimum absolute atomic E-state index is 0.0551. The Morgan fingerprint density at radius 2 is 1.93 bits per heavy atom. The van der Waals surface area contributed by atoms with Crippen molar-refractivity contribution in [2.45, 2.75) is 88.3 Å². The maximum absolute atomic E-state index is 13.3. The van der Waals surface area contributed by atoms with Crippen LogP contribution in [0, 0.1) is 11.8 Å². The van der Waals surface area contributed by atoms with Crippen molar-refractivity contribution in [3.05, 3.63) is 29.8 Å². The molecular weight excluding hydrogens is 542 g/mol. The number of carbonyl (C=O) groups is 3. The summed E-state index contributed by atoms with van der Waals surface area (Å²) in [6.07, 6.45) is 3.04. The molecule has 3 amide bonds. The monoisotopic (exact) mass is 582 g/mol. The summed E-state index contributed by atoms with van der Waals surface area (Å²) in [5, 5.41) is 17.8. The SMILES string of the molecule is COc1cccc(CC2(OC(=O)N[C@@H](CC(C)C)C(=O)N[C@@H](C[C@@H]3CCNC3=O)C(O)S(=O)(=O)[O-])CCCC2)c1. The van der Waals surface area contributed by atoms with Gasteiger partial charge in [0.15, 0.2) is 5.44 Å². The molecular formula is C27H40N3O9S-. The molecule has 2 aliphatic rings. The van der Waals surface area contributed by atoms with Gasteiger partial charge in [0.05, 0.1) is 13.2 Å². The van der Waals surface area contributed by atoms with Crippen LogP contribution in [0.5, 0.6) is 5.75 Å². The smallest absolute Gasteiger partial charge is 0.408 e. The maximum atomic E-state index is 13.3. The number of amides is 3. The van der Waals surface area contributed by atoms with E-state index in [9.17, 15) is 32.5 Å². The molecule has 12 nitrogen and oxygen atoms in total. The van der Waals surface area contributed by atoms with Crippen LogP contribution in [0.15, 0.2) is 24.3 Å². The summed E-state index contributed by atoms with van der Waals surface area (Å²) >= 11 is 0. The number of aliphatic hydroxyl groups excluding tert-OH is 1. The van der Waals surface area contributed by atoms with Crippen molar-refractivity contribution in [2.75, 3.05) is 13.7 Å². The van der Waals surface area contributed by atoms with E-state index in [1.165, 1.54) is 0 Å². The molecule has 40 heavy (non-hydrogen) atoms. The predicted molar refractivity (Wildman–Crippen MR) is 144 cm³/mol. The van der Waals surface area contributed by atoms with Crippen LogP contribution in [0.25, 0.3) is 0 Å². The molecule has 3 rings (SSSR count). The zero-order chi connectivity index (χ0) is 29.5. The number of benzene rings is 1. The number of alkyl carbamates (subject to hydrolysis) is 1. The van der Waals surface area contributed by atoms with Crippen LogP contribution in [0.2, 0.25) is 0 Å². The number of aliphatic hydroxyl groups is 1. The third kappa shape index (κ3) is 8.80.